The molecular formula is C10H11NS. The smallest absolute Gasteiger partial charge is 0.0377 e. The van der Waals surface area contributed by atoms with E-state index < -0.39 is 0 Å². The number of hydrogen-bond acceptors (Lipinski definition) is 2. The van der Waals surface area contributed by atoms with Gasteiger partial charge in [0.15, 0.2) is 0 Å². The fraction of sp³-hybridized carbons (Fsp3) is 0.400. The SMILES string of the molecule is c1c2c(cc3c1NCC3)SCC2. The number of fused-ring (bicyclic) bond motifs is 2. The third-order valence-electron chi connectivity index (χ3n) is 2.63. The van der Waals surface area contributed by atoms with Crippen molar-refractivity contribution in [2.24, 2.45) is 0 Å². The predicted molar refractivity (Wildman–Crippen MR) is 53.1 cm³/mol. The van der Waals surface area contributed by atoms with E-state index in [1.165, 1.54) is 34.7 Å². The van der Waals surface area contributed by atoms with Crippen LogP contribution in [0.25, 0.3) is 0 Å². The zero-order chi connectivity index (χ0) is 7.97. The summed E-state index contributed by atoms with van der Waals surface area (Å²) in [4.78, 5) is 1.53. The molecule has 0 unspecified atom stereocenters. The van der Waals surface area contributed by atoms with Gasteiger partial charge in [-0.1, -0.05) is 0 Å². The zero-order valence-corrected chi connectivity index (χ0v) is 7.71. The van der Waals surface area contributed by atoms with Crippen LogP contribution in [0.15, 0.2) is 17.0 Å². The van der Waals surface area contributed by atoms with E-state index in [-0.39, 0.29) is 0 Å². The molecule has 0 spiro atoms. The molecule has 3 rings (SSSR count). The van der Waals surface area contributed by atoms with Crippen molar-refractivity contribution in [2.45, 2.75) is 17.7 Å². The van der Waals surface area contributed by atoms with Crippen LogP contribution >= 0.6 is 11.8 Å². The lowest BCUT2D eigenvalue weighted by atomic mass is 10.1. The lowest BCUT2D eigenvalue weighted by Crippen LogP contribution is -1.91. The number of benzene rings is 1. The van der Waals surface area contributed by atoms with Crippen molar-refractivity contribution in [1.82, 2.24) is 0 Å². The Morgan fingerprint density at radius 2 is 2.17 bits per heavy atom. The van der Waals surface area contributed by atoms with Crippen LogP contribution in [-0.4, -0.2) is 12.3 Å². The summed E-state index contributed by atoms with van der Waals surface area (Å²) in [6.07, 6.45) is 2.47. The van der Waals surface area contributed by atoms with E-state index in [2.05, 4.69) is 17.4 Å². The Morgan fingerprint density at radius 3 is 3.17 bits per heavy atom. The van der Waals surface area contributed by atoms with Gasteiger partial charge in [0.2, 0.25) is 0 Å². The van der Waals surface area contributed by atoms with Crippen LogP contribution in [0.5, 0.6) is 0 Å². The lowest BCUT2D eigenvalue weighted by Gasteiger charge is -2.03. The highest BCUT2D eigenvalue weighted by Crippen LogP contribution is 2.36. The van der Waals surface area contributed by atoms with Crippen molar-refractivity contribution >= 4 is 17.4 Å². The molecule has 1 N–H and O–H groups in total. The van der Waals surface area contributed by atoms with Crippen LogP contribution in [0.2, 0.25) is 0 Å². The summed E-state index contributed by atoms with van der Waals surface area (Å²) in [7, 11) is 0. The number of rotatable bonds is 0. The van der Waals surface area contributed by atoms with Gasteiger partial charge in [0, 0.05) is 22.9 Å². The number of aryl methyl sites for hydroxylation is 1. The van der Waals surface area contributed by atoms with E-state index in [0.29, 0.717) is 0 Å². The van der Waals surface area contributed by atoms with Crippen molar-refractivity contribution in [3.8, 4) is 0 Å². The summed E-state index contributed by atoms with van der Waals surface area (Å²) in [5, 5.41) is 3.42. The van der Waals surface area contributed by atoms with Crippen molar-refractivity contribution in [2.75, 3.05) is 17.6 Å². The topological polar surface area (TPSA) is 12.0 Å². The second-order valence-corrected chi connectivity index (χ2v) is 4.53. The Balaban J connectivity index is 2.18. The summed E-state index contributed by atoms with van der Waals surface area (Å²) < 4.78 is 0. The fourth-order valence-electron chi connectivity index (χ4n) is 1.97. The third-order valence-corrected chi connectivity index (χ3v) is 3.72. The Kier molecular flexibility index (Phi) is 1.38. The van der Waals surface area contributed by atoms with Gasteiger partial charge >= 0.3 is 0 Å². The van der Waals surface area contributed by atoms with Gasteiger partial charge in [0.25, 0.3) is 0 Å². The van der Waals surface area contributed by atoms with Crippen LogP contribution in [0, 0.1) is 0 Å². The van der Waals surface area contributed by atoms with Gasteiger partial charge in [-0.25, -0.2) is 0 Å². The molecule has 0 amide bonds. The van der Waals surface area contributed by atoms with Crippen molar-refractivity contribution < 1.29 is 0 Å². The van der Waals surface area contributed by atoms with Crippen LogP contribution < -0.4 is 5.32 Å². The average molecular weight is 177 g/mol. The minimum Gasteiger partial charge on any atom is -0.384 e. The largest absolute Gasteiger partial charge is 0.384 e. The molecular weight excluding hydrogens is 166 g/mol. The molecule has 1 nitrogen and oxygen atoms in total. The molecule has 0 radical (unpaired) electrons. The van der Waals surface area contributed by atoms with E-state index in [4.69, 9.17) is 0 Å². The predicted octanol–water partition coefficient (Wildman–Crippen LogP) is 2.30. The molecule has 0 aromatic heterocycles. The van der Waals surface area contributed by atoms with Crippen LogP contribution in [0.4, 0.5) is 5.69 Å². The highest BCUT2D eigenvalue weighted by Gasteiger charge is 2.17. The molecule has 62 valence electrons. The molecule has 0 fully saturated rings. The Labute approximate surface area is 76.6 Å². The first-order valence-electron chi connectivity index (χ1n) is 4.46. The number of nitrogens with one attached hydrogen (secondary N) is 1. The molecule has 12 heavy (non-hydrogen) atoms. The molecule has 1 aromatic carbocycles. The first-order chi connectivity index (χ1) is 5.93. The van der Waals surface area contributed by atoms with Crippen molar-refractivity contribution in [3.05, 3.63) is 23.3 Å². The minimum absolute atomic E-state index is 1.13. The fourth-order valence-corrected chi connectivity index (χ4v) is 3.08. The summed E-state index contributed by atoms with van der Waals surface area (Å²) >= 11 is 2.01. The first kappa shape index (κ1) is 6.84. The van der Waals surface area contributed by atoms with Gasteiger partial charge in [-0.05, 0) is 36.1 Å². The van der Waals surface area contributed by atoms with Gasteiger partial charge in [-0.2, -0.15) is 0 Å². The molecule has 1 aromatic rings. The number of anilines is 1. The summed E-state index contributed by atoms with van der Waals surface area (Å²) in [6, 6.07) is 4.72. The first-order valence-corrected chi connectivity index (χ1v) is 5.44. The second-order valence-electron chi connectivity index (χ2n) is 3.39. The Hall–Kier alpha value is -0.630. The van der Waals surface area contributed by atoms with Crippen molar-refractivity contribution in [1.29, 1.82) is 0 Å². The van der Waals surface area contributed by atoms with Gasteiger partial charge < -0.3 is 5.32 Å². The maximum atomic E-state index is 3.42. The van der Waals surface area contributed by atoms with E-state index >= 15 is 0 Å². The molecule has 0 bridgehead atoms. The molecule has 0 saturated carbocycles. The lowest BCUT2D eigenvalue weighted by molar-refractivity contribution is 1.09. The maximum Gasteiger partial charge on any atom is 0.0377 e. The highest BCUT2D eigenvalue weighted by molar-refractivity contribution is 7.99. The molecule has 0 aliphatic carbocycles. The van der Waals surface area contributed by atoms with Gasteiger partial charge in [0.1, 0.15) is 0 Å². The minimum atomic E-state index is 1.13. The normalized spacial score (nSPS) is 18.7. The van der Waals surface area contributed by atoms with Crippen molar-refractivity contribution in [3.63, 3.8) is 0 Å². The van der Waals surface area contributed by atoms with Gasteiger partial charge in [-0.3, -0.25) is 0 Å². The van der Waals surface area contributed by atoms with Crippen LogP contribution in [0.1, 0.15) is 11.1 Å². The summed E-state index contributed by atoms with van der Waals surface area (Å²) in [6.45, 7) is 1.13. The van der Waals surface area contributed by atoms with Gasteiger partial charge in [-0.15, -0.1) is 11.8 Å². The Morgan fingerprint density at radius 1 is 1.17 bits per heavy atom. The molecule has 2 aliphatic rings. The second kappa shape index (κ2) is 2.43. The monoisotopic (exact) mass is 177 g/mol. The van der Waals surface area contributed by atoms with E-state index in [1.807, 2.05) is 11.8 Å². The highest BCUT2D eigenvalue weighted by atomic mass is 32.2. The molecule has 0 saturated heterocycles. The third kappa shape index (κ3) is 0.876. The van der Waals surface area contributed by atoms with Crippen LogP contribution in [-0.2, 0) is 12.8 Å². The van der Waals surface area contributed by atoms with E-state index in [1.54, 1.807) is 5.56 Å². The molecule has 2 aliphatic heterocycles. The quantitative estimate of drug-likeness (QED) is 0.652. The Bertz CT molecular complexity index is 273. The summed E-state index contributed by atoms with van der Waals surface area (Å²) in [5.74, 6) is 1.28. The maximum absolute atomic E-state index is 3.42. The standard InChI is InChI=1S/C10H11NS/c1-3-11-9-5-8-2-4-12-10(8)6-7(1)9/h5-6,11H,1-4H2. The van der Waals surface area contributed by atoms with E-state index in [0.717, 1.165) is 6.54 Å². The molecule has 2 heteroatoms. The van der Waals surface area contributed by atoms with Crippen LogP contribution in [0.3, 0.4) is 0 Å². The molecule has 0 atom stereocenters. The number of hydrogen-bond donors (Lipinski definition) is 1. The zero-order valence-electron chi connectivity index (χ0n) is 6.89. The van der Waals surface area contributed by atoms with E-state index in [9.17, 15) is 0 Å². The summed E-state index contributed by atoms with van der Waals surface area (Å²) in [5.41, 5.74) is 4.45. The average Bonchev–Trinajstić information content (AvgIpc) is 2.64. The number of thioether (sulfide) groups is 1. The van der Waals surface area contributed by atoms with Gasteiger partial charge in [0.05, 0.1) is 0 Å². The molecule has 2 heterocycles.